The van der Waals surface area contributed by atoms with Gasteiger partial charge >= 0.3 is 0 Å². The standard InChI is InChI=1S/C18H19NO3/c1-11-9-13(10-12-7-8-16(20)19-17(11)12)18(21)14-5-3-4-6-15(14)22-2/h3-6,9-10,18,21H,7-8H2,1-2H3,(H,19,20). The first-order chi connectivity index (χ1) is 10.6. The van der Waals surface area contributed by atoms with E-state index in [1.807, 2.05) is 43.3 Å². The minimum atomic E-state index is -0.752. The Labute approximate surface area is 129 Å². The Morgan fingerprint density at radius 3 is 2.77 bits per heavy atom. The fourth-order valence-electron chi connectivity index (χ4n) is 2.95. The zero-order chi connectivity index (χ0) is 15.7. The van der Waals surface area contributed by atoms with E-state index in [4.69, 9.17) is 4.74 Å². The molecule has 0 radical (unpaired) electrons. The number of amides is 1. The molecule has 1 aliphatic heterocycles. The lowest BCUT2D eigenvalue weighted by Crippen LogP contribution is -2.20. The van der Waals surface area contributed by atoms with Crippen LogP contribution in [0.1, 0.15) is 34.8 Å². The van der Waals surface area contributed by atoms with E-state index < -0.39 is 6.10 Å². The van der Waals surface area contributed by atoms with Crippen molar-refractivity contribution in [1.82, 2.24) is 0 Å². The second-order valence-electron chi connectivity index (χ2n) is 5.56. The Morgan fingerprint density at radius 2 is 2.00 bits per heavy atom. The van der Waals surface area contributed by atoms with Gasteiger partial charge in [-0.15, -0.1) is 0 Å². The summed E-state index contributed by atoms with van der Waals surface area (Å²) in [5.74, 6) is 0.715. The molecule has 4 heteroatoms. The molecule has 1 aliphatic rings. The van der Waals surface area contributed by atoms with E-state index in [-0.39, 0.29) is 5.91 Å². The quantitative estimate of drug-likeness (QED) is 0.915. The normalized spacial score (nSPS) is 15.0. The summed E-state index contributed by atoms with van der Waals surface area (Å²) in [6, 6.07) is 11.3. The second-order valence-corrected chi connectivity index (χ2v) is 5.56. The summed E-state index contributed by atoms with van der Waals surface area (Å²) in [6.07, 6.45) is 0.438. The number of benzene rings is 2. The van der Waals surface area contributed by atoms with Gasteiger partial charge in [0.15, 0.2) is 0 Å². The van der Waals surface area contributed by atoms with Crippen molar-refractivity contribution in [2.45, 2.75) is 25.9 Å². The zero-order valence-corrected chi connectivity index (χ0v) is 12.7. The Hall–Kier alpha value is -2.33. The molecule has 0 aliphatic carbocycles. The highest BCUT2D eigenvalue weighted by molar-refractivity contribution is 5.94. The molecule has 114 valence electrons. The number of aryl methyl sites for hydroxylation is 2. The van der Waals surface area contributed by atoms with Crippen molar-refractivity contribution in [2.24, 2.45) is 0 Å². The average molecular weight is 297 g/mol. The number of rotatable bonds is 3. The predicted octanol–water partition coefficient (Wildman–Crippen LogP) is 2.97. The third kappa shape index (κ3) is 2.57. The Balaban J connectivity index is 2.02. The molecule has 3 rings (SSSR count). The maximum atomic E-state index is 11.5. The number of nitrogens with one attached hydrogen (secondary N) is 1. The highest BCUT2D eigenvalue weighted by atomic mass is 16.5. The molecule has 1 heterocycles. The number of hydrogen-bond acceptors (Lipinski definition) is 3. The molecule has 0 saturated carbocycles. The van der Waals surface area contributed by atoms with Crippen LogP contribution >= 0.6 is 0 Å². The van der Waals surface area contributed by atoms with Crippen LogP contribution in [0, 0.1) is 6.92 Å². The number of carbonyl (C=O) groups is 1. The maximum absolute atomic E-state index is 11.5. The van der Waals surface area contributed by atoms with E-state index in [1.165, 1.54) is 0 Å². The van der Waals surface area contributed by atoms with Crippen LogP contribution in [-0.4, -0.2) is 18.1 Å². The molecule has 0 fully saturated rings. The predicted molar refractivity (Wildman–Crippen MR) is 85.2 cm³/mol. The Kier molecular flexibility index (Phi) is 3.86. The highest BCUT2D eigenvalue weighted by Gasteiger charge is 2.21. The van der Waals surface area contributed by atoms with Crippen LogP contribution in [-0.2, 0) is 11.2 Å². The maximum Gasteiger partial charge on any atom is 0.224 e. The first-order valence-corrected chi connectivity index (χ1v) is 7.34. The lowest BCUT2D eigenvalue weighted by Gasteiger charge is -2.22. The van der Waals surface area contributed by atoms with E-state index in [1.54, 1.807) is 7.11 Å². The number of carbonyl (C=O) groups excluding carboxylic acids is 1. The van der Waals surface area contributed by atoms with Crippen LogP contribution in [0.3, 0.4) is 0 Å². The molecule has 2 N–H and O–H groups in total. The minimum absolute atomic E-state index is 0.0497. The van der Waals surface area contributed by atoms with Gasteiger partial charge in [0.25, 0.3) is 0 Å². The van der Waals surface area contributed by atoms with Crippen LogP contribution in [0.5, 0.6) is 5.75 Å². The van der Waals surface area contributed by atoms with Gasteiger partial charge in [-0.05, 0) is 36.1 Å². The fraction of sp³-hybridized carbons (Fsp3) is 0.278. The number of anilines is 1. The molecule has 2 aromatic carbocycles. The molecule has 1 unspecified atom stereocenters. The van der Waals surface area contributed by atoms with Gasteiger partial charge in [0.1, 0.15) is 11.9 Å². The van der Waals surface area contributed by atoms with Gasteiger partial charge in [-0.2, -0.15) is 0 Å². The van der Waals surface area contributed by atoms with Crippen molar-refractivity contribution in [1.29, 1.82) is 0 Å². The van der Waals surface area contributed by atoms with Gasteiger partial charge in [-0.3, -0.25) is 4.79 Å². The van der Waals surface area contributed by atoms with Gasteiger partial charge < -0.3 is 15.2 Å². The minimum Gasteiger partial charge on any atom is -0.496 e. The van der Waals surface area contributed by atoms with Crippen LogP contribution in [0.4, 0.5) is 5.69 Å². The molecule has 22 heavy (non-hydrogen) atoms. The van der Waals surface area contributed by atoms with Crippen LogP contribution in [0.15, 0.2) is 36.4 Å². The smallest absolute Gasteiger partial charge is 0.224 e. The van der Waals surface area contributed by atoms with Crippen LogP contribution in [0.25, 0.3) is 0 Å². The van der Waals surface area contributed by atoms with Crippen molar-refractivity contribution in [3.63, 3.8) is 0 Å². The number of aliphatic hydroxyl groups excluding tert-OH is 1. The van der Waals surface area contributed by atoms with Crippen LogP contribution in [0.2, 0.25) is 0 Å². The summed E-state index contributed by atoms with van der Waals surface area (Å²) in [5.41, 5.74) is 4.48. The summed E-state index contributed by atoms with van der Waals surface area (Å²) < 4.78 is 5.33. The topological polar surface area (TPSA) is 58.6 Å². The molecular weight excluding hydrogens is 278 g/mol. The van der Waals surface area contributed by atoms with E-state index >= 15 is 0 Å². The van der Waals surface area contributed by atoms with E-state index in [2.05, 4.69) is 5.32 Å². The highest BCUT2D eigenvalue weighted by Crippen LogP contribution is 2.34. The van der Waals surface area contributed by atoms with Crippen molar-refractivity contribution < 1.29 is 14.6 Å². The van der Waals surface area contributed by atoms with Crippen molar-refractivity contribution in [3.05, 3.63) is 58.7 Å². The van der Waals surface area contributed by atoms with Crippen molar-refractivity contribution >= 4 is 11.6 Å². The van der Waals surface area contributed by atoms with Crippen molar-refractivity contribution in [2.75, 3.05) is 12.4 Å². The summed E-state index contributed by atoms with van der Waals surface area (Å²) in [6.45, 7) is 1.95. The molecule has 4 nitrogen and oxygen atoms in total. The van der Waals surface area contributed by atoms with E-state index in [0.717, 1.165) is 27.9 Å². The SMILES string of the molecule is COc1ccccc1C(O)c1cc(C)c2c(c1)CCC(=O)N2. The first kappa shape index (κ1) is 14.6. The summed E-state index contributed by atoms with van der Waals surface area (Å²) >= 11 is 0. The molecule has 1 amide bonds. The largest absolute Gasteiger partial charge is 0.496 e. The number of aliphatic hydroxyl groups is 1. The molecule has 0 aromatic heterocycles. The number of methoxy groups -OCH3 is 1. The third-order valence-electron chi connectivity index (χ3n) is 4.07. The Morgan fingerprint density at radius 1 is 1.23 bits per heavy atom. The molecule has 1 atom stereocenters. The summed E-state index contributed by atoms with van der Waals surface area (Å²) in [5, 5.41) is 13.6. The average Bonchev–Trinajstić information content (AvgIpc) is 2.54. The molecule has 2 aromatic rings. The monoisotopic (exact) mass is 297 g/mol. The third-order valence-corrected chi connectivity index (χ3v) is 4.07. The molecular formula is C18H19NO3. The first-order valence-electron chi connectivity index (χ1n) is 7.34. The summed E-state index contributed by atoms with van der Waals surface area (Å²) in [4.78, 5) is 11.5. The summed E-state index contributed by atoms with van der Waals surface area (Å²) in [7, 11) is 1.60. The van der Waals surface area contributed by atoms with Gasteiger partial charge in [0.2, 0.25) is 5.91 Å². The van der Waals surface area contributed by atoms with Gasteiger partial charge in [0.05, 0.1) is 7.11 Å². The number of fused-ring (bicyclic) bond motifs is 1. The van der Waals surface area contributed by atoms with Gasteiger partial charge in [0, 0.05) is 17.7 Å². The van der Waals surface area contributed by atoms with Gasteiger partial charge in [-0.25, -0.2) is 0 Å². The van der Waals surface area contributed by atoms with E-state index in [9.17, 15) is 9.90 Å². The molecule has 0 spiro atoms. The van der Waals surface area contributed by atoms with Crippen molar-refractivity contribution in [3.8, 4) is 5.75 Å². The lowest BCUT2D eigenvalue weighted by molar-refractivity contribution is -0.116. The lowest BCUT2D eigenvalue weighted by atomic mass is 9.92. The molecule has 0 saturated heterocycles. The second kappa shape index (κ2) is 5.81. The van der Waals surface area contributed by atoms with Crippen LogP contribution < -0.4 is 10.1 Å². The zero-order valence-electron chi connectivity index (χ0n) is 12.7. The molecule has 0 bridgehead atoms. The number of ether oxygens (including phenoxy) is 1. The Bertz CT molecular complexity index is 724. The van der Waals surface area contributed by atoms with Gasteiger partial charge in [-0.1, -0.05) is 30.3 Å². The fourth-order valence-corrected chi connectivity index (χ4v) is 2.95. The number of para-hydroxylation sites is 1. The van der Waals surface area contributed by atoms with E-state index in [0.29, 0.717) is 18.6 Å². The number of hydrogen-bond donors (Lipinski definition) is 2.